The van der Waals surface area contributed by atoms with Crippen molar-refractivity contribution in [2.24, 2.45) is 0 Å². The molecule has 6 nitrogen and oxygen atoms in total. The van der Waals surface area contributed by atoms with Crippen molar-refractivity contribution in [2.45, 2.75) is 25.4 Å². The van der Waals surface area contributed by atoms with Crippen molar-refractivity contribution in [3.05, 3.63) is 94.4 Å². The van der Waals surface area contributed by atoms with Gasteiger partial charge in [0.15, 0.2) is 0 Å². The molecule has 0 bridgehead atoms. The molecule has 6 rings (SSSR count). The topological polar surface area (TPSA) is 72.9 Å². The molecule has 0 N–H and O–H groups in total. The number of thioether (sulfide) groups is 1. The smallest absolute Gasteiger partial charge is 0.415 e. The third kappa shape index (κ3) is 4.33. The fraction of sp³-hybridized carbons (Fsp3) is 0.233. The van der Waals surface area contributed by atoms with Gasteiger partial charge in [0.2, 0.25) is 11.6 Å². The first-order valence-electron chi connectivity index (χ1n) is 12.3. The lowest BCUT2D eigenvalue weighted by Gasteiger charge is -2.45. The second-order valence-electron chi connectivity index (χ2n) is 9.69. The van der Waals surface area contributed by atoms with Gasteiger partial charge in [-0.15, -0.1) is 11.8 Å². The van der Waals surface area contributed by atoms with Crippen LogP contribution in [0, 0.1) is 6.92 Å². The molecule has 0 atom stereocenters. The maximum atomic E-state index is 12.9. The van der Waals surface area contributed by atoms with Crippen LogP contribution in [-0.2, 0) is 9.53 Å². The Kier molecular flexibility index (Phi) is 5.88. The Bertz CT molecular complexity index is 1450. The Morgan fingerprint density at radius 2 is 1.68 bits per heavy atom. The van der Waals surface area contributed by atoms with Crippen LogP contribution in [0.1, 0.15) is 34.3 Å². The number of carbonyl (C=O) groups excluding carboxylic acids is 3. The number of nitrogens with zero attached hydrogens (tertiary/aromatic N) is 1. The summed E-state index contributed by atoms with van der Waals surface area (Å²) >= 11 is 1.39. The van der Waals surface area contributed by atoms with Crippen molar-refractivity contribution < 1.29 is 23.9 Å². The Morgan fingerprint density at radius 1 is 0.892 bits per heavy atom. The van der Waals surface area contributed by atoms with Crippen LogP contribution in [-0.4, -0.2) is 47.0 Å². The second-order valence-corrected chi connectivity index (χ2v) is 10.7. The average molecular weight is 512 g/mol. The summed E-state index contributed by atoms with van der Waals surface area (Å²) in [5.74, 6) is 0.576. The molecule has 1 spiro atoms. The first-order valence-corrected chi connectivity index (χ1v) is 13.3. The molecule has 0 radical (unpaired) electrons. The predicted molar refractivity (Wildman–Crippen MR) is 142 cm³/mol. The number of amides is 1. The van der Waals surface area contributed by atoms with Gasteiger partial charge in [-0.1, -0.05) is 48.5 Å². The molecular formula is C30H25NO5S. The molecule has 3 aliphatic rings. The highest BCUT2D eigenvalue weighted by atomic mass is 32.2. The minimum atomic E-state index is -0.524. The Hall–Kier alpha value is -3.84. The molecule has 1 amide bonds. The fourth-order valence-corrected chi connectivity index (χ4v) is 6.32. The van der Waals surface area contributed by atoms with E-state index in [2.05, 4.69) is 0 Å². The van der Waals surface area contributed by atoms with Gasteiger partial charge in [-0.25, -0.2) is 4.79 Å². The first-order chi connectivity index (χ1) is 17.9. The van der Waals surface area contributed by atoms with Gasteiger partial charge in [-0.3, -0.25) is 9.59 Å². The number of Topliss-reactive ketones (excluding diaryl/α,β-unsaturated/α-hetero) is 2. The molecule has 186 valence electrons. The van der Waals surface area contributed by atoms with Crippen LogP contribution in [0.5, 0.6) is 5.75 Å². The van der Waals surface area contributed by atoms with E-state index in [9.17, 15) is 14.4 Å². The molecule has 3 aromatic rings. The van der Waals surface area contributed by atoms with E-state index in [1.54, 1.807) is 17.0 Å². The number of carbonyl (C=O) groups is 3. The summed E-state index contributed by atoms with van der Waals surface area (Å²) in [6.07, 6.45) is 0.838. The highest BCUT2D eigenvalue weighted by molar-refractivity contribution is 8.04. The lowest BCUT2D eigenvalue weighted by Crippen LogP contribution is -2.51. The lowest BCUT2D eigenvalue weighted by atomic mass is 9.88. The zero-order chi connectivity index (χ0) is 25.6. The predicted octanol–water partition coefficient (Wildman–Crippen LogP) is 5.89. The summed E-state index contributed by atoms with van der Waals surface area (Å²) in [5.41, 5.74) is 3.51. The summed E-state index contributed by atoms with van der Waals surface area (Å²) in [5, 5.41) is 0. The Labute approximate surface area is 219 Å². The van der Waals surface area contributed by atoms with E-state index < -0.39 is 17.2 Å². The average Bonchev–Trinajstić information content (AvgIpc) is 2.92. The summed E-state index contributed by atoms with van der Waals surface area (Å²) < 4.78 is 12.2. The van der Waals surface area contributed by atoms with Crippen molar-refractivity contribution in [3.63, 3.8) is 0 Å². The number of likely N-dealkylation sites (tertiary alicyclic amines) is 1. The van der Waals surface area contributed by atoms with Crippen molar-refractivity contribution in [1.82, 2.24) is 4.90 Å². The molecule has 0 aromatic heterocycles. The molecule has 2 aliphatic heterocycles. The molecule has 1 fully saturated rings. The summed E-state index contributed by atoms with van der Waals surface area (Å²) in [6, 6.07) is 22.9. The van der Waals surface area contributed by atoms with Gasteiger partial charge in [-0.2, -0.15) is 0 Å². The quantitative estimate of drug-likeness (QED) is 0.399. The Balaban J connectivity index is 1.23. The molecule has 0 saturated carbocycles. The maximum Gasteiger partial charge on any atom is 0.415 e. The van der Waals surface area contributed by atoms with Crippen molar-refractivity contribution in [1.29, 1.82) is 0 Å². The number of rotatable bonds is 2. The lowest BCUT2D eigenvalue weighted by molar-refractivity contribution is -0.111. The molecule has 0 unspecified atom stereocenters. The van der Waals surface area contributed by atoms with E-state index in [0.29, 0.717) is 59.2 Å². The highest BCUT2D eigenvalue weighted by Gasteiger charge is 2.46. The zero-order valence-electron chi connectivity index (χ0n) is 20.4. The molecule has 1 saturated heterocycles. The van der Waals surface area contributed by atoms with Gasteiger partial charge in [0.1, 0.15) is 22.0 Å². The maximum absolute atomic E-state index is 12.9. The van der Waals surface area contributed by atoms with E-state index in [-0.39, 0.29) is 6.09 Å². The number of ether oxygens (including phenoxy) is 2. The number of benzene rings is 3. The first kappa shape index (κ1) is 23.6. The van der Waals surface area contributed by atoms with Gasteiger partial charge in [0.05, 0.1) is 0 Å². The van der Waals surface area contributed by atoms with Gasteiger partial charge in [0, 0.05) is 42.8 Å². The van der Waals surface area contributed by atoms with E-state index in [1.165, 1.54) is 11.8 Å². The van der Waals surface area contributed by atoms with E-state index in [4.69, 9.17) is 9.47 Å². The highest BCUT2D eigenvalue weighted by Crippen LogP contribution is 2.48. The van der Waals surface area contributed by atoms with Crippen molar-refractivity contribution >= 4 is 35.2 Å². The van der Waals surface area contributed by atoms with Crippen molar-refractivity contribution in [2.75, 3.05) is 18.8 Å². The van der Waals surface area contributed by atoms with Crippen LogP contribution in [0.3, 0.4) is 0 Å². The van der Waals surface area contributed by atoms with Crippen LogP contribution in [0.25, 0.3) is 16.9 Å². The van der Waals surface area contributed by atoms with Crippen LogP contribution in [0.15, 0.2) is 77.7 Å². The number of hydrogen-bond donors (Lipinski definition) is 0. The van der Waals surface area contributed by atoms with Gasteiger partial charge in [0.25, 0.3) is 0 Å². The van der Waals surface area contributed by atoms with E-state index in [1.807, 2.05) is 67.6 Å². The molecule has 2 heterocycles. The molecule has 7 heteroatoms. The monoisotopic (exact) mass is 511 g/mol. The van der Waals surface area contributed by atoms with Crippen molar-refractivity contribution in [3.8, 4) is 16.9 Å². The zero-order valence-corrected chi connectivity index (χ0v) is 21.2. The summed E-state index contributed by atoms with van der Waals surface area (Å²) in [7, 11) is 0. The normalized spacial score (nSPS) is 18.2. The third-order valence-electron chi connectivity index (χ3n) is 7.16. The fourth-order valence-electron chi connectivity index (χ4n) is 5.06. The number of fused-ring (bicyclic) bond motifs is 2. The number of piperidine rings is 1. The Morgan fingerprint density at radius 3 is 2.43 bits per heavy atom. The van der Waals surface area contributed by atoms with E-state index >= 15 is 0 Å². The number of aryl methyl sites for hydroxylation is 1. The minimum Gasteiger partial charge on any atom is -0.484 e. The van der Waals surface area contributed by atoms with Gasteiger partial charge < -0.3 is 14.4 Å². The minimum absolute atomic E-state index is 0.375. The SMILES string of the molecule is Cc1cccc(OC(=O)N2CCC3(CC2)CSC2=C(O3)c3cc(-c4ccccc4)ccc3C(=O)C2=O)c1. The summed E-state index contributed by atoms with van der Waals surface area (Å²) in [4.78, 5) is 40.6. The molecule has 1 aliphatic carbocycles. The molecule has 3 aromatic carbocycles. The number of ketones is 2. The largest absolute Gasteiger partial charge is 0.484 e. The van der Waals surface area contributed by atoms with Crippen LogP contribution < -0.4 is 4.74 Å². The molecule has 37 heavy (non-hydrogen) atoms. The summed E-state index contributed by atoms with van der Waals surface area (Å²) in [6.45, 7) is 2.92. The third-order valence-corrected chi connectivity index (χ3v) is 8.49. The molecular weight excluding hydrogens is 486 g/mol. The number of allylic oxidation sites excluding steroid dienone is 1. The van der Waals surface area contributed by atoms with Crippen LogP contribution in [0.2, 0.25) is 0 Å². The van der Waals surface area contributed by atoms with Gasteiger partial charge in [-0.05, 0) is 47.9 Å². The van der Waals surface area contributed by atoms with Crippen LogP contribution >= 0.6 is 11.8 Å². The number of hydrogen-bond acceptors (Lipinski definition) is 6. The standard InChI is InChI=1S/C30H25NO5S/c1-19-6-5-9-22(16-19)35-29(34)31-14-12-30(13-15-31)18-37-28-26(33)25(32)23-11-10-21(17-24(23)27(28)36-30)20-7-3-2-4-8-20/h2-11,16-17H,12-15,18H2,1H3. The van der Waals surface area contributed by atoms with Crippen LogP contribution in [0.4, 0.5) is 4.79 Å². The van der Waals surface area contributed by atoms with E-state index in [0.717, 1.165) is 16.7 Å². The van der Waals surface area contributed by atoms with Gasteiger partial charge >= 0.3 is 6.09 Å². The second kappa shape index (κ2) is 9.23.